The van der Waals surface area contributed by atoms with Crippen LogP contribution in [0.5, 0.6) is 0 Å². The second-order valence-corrected chi connectivity index (χ2v) is 14.5. The van der Waals surface area contributed by atoms with Crippen molar-refractivity contribution in [2.75, 3.05) is 12.9 Å². The highest BCUT2D eigenvalue weighted by molar-refractivity contribution is 8.02. The van der Waals surface area contributed by atoms with Crippen LogP contribution in [0.1, 0.15) is 34.6 Å². The van der Waals surface area contributed by atoms with Crippen molar-refractivity contribution in [2.24, 2.45) is 11.8 Å². The fourth-order valence-electron chi connectivity index (χ4n) is 3.69. The van der Waals surface area contributed by atoms with E-state index in [1.54, 1.807) is 4.90 Å². The zero-order valence-corrected chi connectivity index (χ0v) is 19.6. The van der Waals surface area contributed by atoms with Crippen LogP contribution in [0.4, 0.5) is 0 Å². The first-order chi connectivity index (χ1) is 12.4. The summed E-state index contributed by atoms with van der Waals surface area (Å²) in [5.41, 5.74) is 0.405. The molecule has 4 atom stereocenters. The molecule has 0 spiro atoms. The van der Waals surface area contributed by atoms with Crippen molar-refractivity contribution in [1.82, 2.24) is 4.90 Å². The highest BCUT2D eigenvalue weighted by atomic mass is 32.2. The topological polar surface area (TPSA) is 55.8 Å². The van der Waals surface area contributed by atoms with Gasteiger partial charge in [0.1, 0.15) is 12.3 Å². The molecule has 27 heavy (non-hydrogen) atoms. The summed E-state index contributed by atoms with van der Waals surface area (Å²) in [5.74, 6) is -0.605. The maximum atomic E-state index is 13.0. The summed E-state index contributed by atoms with van der Waals surface area (Å²) in [6, 6.07) is -0.0361. The van der Waals surface area contributed by atoms with Crippen LogP contribution in [0.25, 0.3) is 0 Å². The fourth-order valence-corrected chi connectivity index (χ4v) is 6.01. The molecule has 0 aromatic heterocycles. The lowest BCUT2D eigenvalue weighted by molar-refractivity contribution is -0.163. The van der Waals surface area contributed by atoms with Crippen LogP contribution in [0.3, 0.4) is 0 Å². The molecule has 0 unspecified atom stereocenters. The van der Waals surface area contributed by atoms with E-state index in [4.69, 9.17) is 9.16 Å². The molecule has 2 rings (SSSR count). The number of hydrogen-bond donors (Lipinski definition) is 0. The van der Waals surface area contributed by atoms with Crippen LogP contribution in [0.2, 0.25) is 18.1 Å². The Morgan fingerprint density at radius 1 is 1.41 bits per heavy atom. The monoisotopic (exact) mass is 411 g/mol. The Morgan fingerprint density at radius 3 is 2.48 bits per heavy atom. The van der Waals surface area contributed by atoms with Crippen molar-refractivity contribution in [3.05, 3.63) is 23.3 Å². The van der Waals surface area contributed by atoms with Crippen LogP contribution < -0.4 is 0 Å². The molecule has 2 heterocycles. The third-order valence-corrected chi connectivity index (χ3v) is 11.7. The van der Waals surface area contributed by atoms with Gasteiger partial charge in [0.2, 0.25) is 5.91 Å². The zero-order chi connectivity index (χ0) is 20.7. The molecule has 0 aliphatic carbocycles. The third kappa shape index (κ3) is 3.78. The number of thioether (sulfide) groups is 1. The highest BCUT2D eigenvalue weighted by Gasteiger charge is 2.61. The smallest absolute Gasteiger partial charge is 0.356 e. The molecule has 7 heteroatoms. The predicted octanol–water partition coefficient (Wildman–Crippen LogP) is 4.18. The summed E-state index contributed by atoms with van der Waals surface area (Å²) < 4.78 is 11.7. The molecular formula is C20H33NO4SSi. The molecule has 0 radical (unpaired) electrons. The predicted molar refractivity (Wildman–Crippen MR) is 113 cm³/mol. The maximum Gasteiger partial charge on any atom is 0.356 e. The first kappa shape index (κ1) is 22.2. The van der Waals surface area contributed by atoms with Gasteiger partial charge in [-0.2, -0.15) is 0 Å². The van der Waals surface area contributed by atoms with Crippen LogP contribution in [-0.2, 0) is 18.8 Å². The molecule has 5 nitrogen and oxygen atoms in total. The van der Waals surface area contributed by atoms with Gasteiger partial charge in [0.05, 0.1) is 18.1 Å². The fraction of sp³-hybridized carbons (Fsp3) is 0.700. The number of ether oxygens (including phenoxy) is 1. The SMILES string of the molecule is C=CCOC(=O)C1=C(SC)[C@@H](C)[C@@H]2[C@@H]([C@@H](C)O[Si](C)(C)C(C)(C)C)C(=O)N12. The Labute approximate surface area is 168 Å². The van der Waals surface area contributed by atoms with E-state index < -0.39 is 14.3 Å². The molecule has 0 bridgehead atoms. The Hall–Kier alpha value is -1.05. The average molecular weight is 412 g/mol. The van der Waals surface area contributed by atoms with Crippen LogP contribution in [0, 0.1) is 11.8 Å². The Bertz CT molecular complexity index is 667. The van der Waals surface area contributed by atoms with E-state index in [0.29, 0.717) is 5.70 Å². The van der Waals surface area contributed by atoms with E-state index in [2.05, 4.69) is 47.4 Å². The Morgan fingerprint density at radius 2 is 2.00 bits per heavy atom. The van der Waals surface area contributed by atoms with Gasteiger partial charge in [-0.3, -0.25) is 4.79 Å². The van der Waals surface area contributed by atoms with Crippen molar-refractivity contribution >= 4 is 32.0 Å². The standard InChI is InChI=1S/C20H33NO4SSi/c1-10-11-24-19(23)16-17(26-7)12(2)15-14(18(22)21(15)16)13(3)25-27(8,9)20(4,5)6/h10,12-15H,1,11H2,2-9H3/t12-,13+,14+,15+/m0/s1. The minimum Gasteiger partial charge on any atom is -0.457 e. The van der Waals surface area contributed by atoms with Crippen molar-refractivity contribution < 1.29 is 18.8 Å². The Balaban J connectivity index is 2.23. The zero-order valence-electron chi connectivity index (χ0n) is 17.8. The first-order valence-corrected chi connectivity index (χ1v) is 13.6. The van der Waals surface area contributed by atoms with Gasteiger partial charge in [-0.25, -0.2) is 4.79 Å². The number of hydrogen-bond acceptors (Lipinski definition) is 5. The van der Waals surface area contributed by atoms with Crippen LogP contribution in [0.15, 0.2) is 23.3 Å². The second-order valence-electron chi connectivity index (χ2n) is 8.90. The van der Waals surface area contributed by atoms with Gasteiger partial charge < -0.3 is 14.1 Å². The quantitative estimate of drug-likeness (QED) is 0.272. The molecule has 152 valence electrons. The lowest BCUT2D eigenvalue weighted by Gasteiger charge is -2.50. The van der Waals surface area contributed by atoms with E-state index in [1.807, 2.05) is 13.2 Å². The van der Waals surface area contributed by atoms with E-state index in [1.165, 1.54) is 17.8 Å². The Kier molecular flexibility index (Phi) is 6.39. The largest absolute Gasteiger partial charge is 0.457 e. The summed E-state index contributed by atoms with van der Waals surface area (Å²) in [6.45, 7) is 18.8. The number of nitrogens with zero attached hydrogens (tertiary/aromatic N) is 1. The minimum atomic E-state index is -1.98. The summed E-state index contributed by atoms with van der Waals surface area (Å²) in [4.78, 5) is 28.1. The molecule has 0 N–H and O–H groups in total. The number of fused-ring (bicyclic) bond motifs is 1. The van der Waals surface area contributed by atoms with Gasteiger partial charge in [0.25, 0.3) is 0 Å². The van der Waals surface area contributed by atoms with Gasteiger partial charge in [-0.05, 0) is 31.3 Å². The normalized spacial score (nSPS) is 26.6. The lowest BCUT2D eigenvalue weighted by Crippen LogP contribution is -2.65. The van der Waals surface area contributed by atoms with Crippen molar-refractivity contribution in [3.63, 3.8) is 0 Å². The molecular weight excluding hydrogens is 378 g/mol. The average Bonchev–Trinajstić information content (AvgIpc) is 2.79. The van der Waals surface area contributed by atoms with Crippen molar-refractivity contribution in [3.8, 4) is 0 Å². The van der Waals surface area contributed by atoms with Crippen LogP contribution >= 0.6 is 11.8 Å². The molecule has 2 aliphatic rings. The van der Waals surface area contributed by atoms with E-state index >= 15 is 0 Å². The number of esters is 1. The molecule has 1 saturated heterocycles. The molecule has 2 aliphatic heterocycles. The number of rotatable bonds is 7. The number of amides is 1. The minimum absolute atomic E-state index is 0.0346. The third-order valence-electron chi connectivity index (χ3n) is 6.13. The number of carbonyl (C=O) groups is 2. The first-order valence-electron chi connectivity index (χ1n) is 9.46. The van der Waals surface area contributed by atoms with Crippen molar-refractivity contribution in [2.45, 2.75) is 64.9 Å². The summed E-state index contributed by atoms with van der Waals surface area (Å²) in [6.07, 6.45) is 3.30. The molecule has 0 aromatic carbocycles. The summed E-state index contributed by atoms with van der Waals surface area (Å²) in [7, 11) is -1.98. The molecule has 0 saturated carbocycles. The van der Waals surface area contributed by atoms with Gasteiger partial charge in [-0.1, -0.05) is 40.3 Å². The van der Waals surface area contributed by atoms with Crippen molar-refractivity contribution in [1.29, 1.82) is 0 Å². The molecule has 1 amide bonds. The molecule has 0 aromatic rings. The lowest BCUT2D eigenvalue weighted by atomic mass is 9.79. The summed E-state index contributed by atoms with van der Waals surface area (Å²) >= 11 is 1.52. The van der Waals surface area contributed by atoms with Gasteiger partial charge >= 0.3 is 5.97 Å². The van der Waals surface area contributed by atoms with Crippen LogP contribution in [-0.4, -0.2) is 50.1 Å². The maximum absolute atomic E-state index is 13.0. The highest BCUT2D eigenvalue weighted by Crippen LogP contribution is 2.51. The molecule has 1 fully saturated rings. The van der Waals surface area contributed by atoms with E-state index in [9.17, 15) is 9.59 Å². The number of β-lactam (4-membered cyclic amide) rings is 1. The van der Waals surface area contributed by atoms with Gasteiger partial charge in [0, 0.05) is 10.8 Å². The van der Waals surface area contributed by atoms with E-state index in [0.717, 1.165) is 4.91 Å². The summed E-state index contributed by atoms with van der Waals surface area (Å²) in [5, 5.41) is 0.0807. The number of carbonyl (C=O) groups excluding carboxylic acids is 2. The van der Waals surface area contributed by atoms with Gasteiger partial charge in [0.15, 0.2) is 8.32 Å². The van der Waals surface area contributed by atoms with Gasteiger partial charge in [-0.15, -0.1) is 11.8 Å². The second kappa shape index (κ2) is 7.76. The van der Waals surface area contributed by atoms with E-state index in [-0.39, 0.29) is 41.5 Å².